The fourth-order valence-corrected chi connectivity index (χ4v) is 1.94. The van der Waals surface area contributed by atoms with Gasteiger partial charge in [0, 0.05) is 12.3 Å². The molecule has 1 amide bonds. The van der Waals surface area contributed by atoms with E-state index in [-0.39, 0.29) is 17.8 Å². The maximum Gasteiger partial charge on any atom is 0.272 e. The number of fused-ring (bicyclic) bond motifs is 1. The van der Waals surface area contributed by atoms with Gasteiger partial charge in [-0.25, -0.2) is 5.10 Å². The van der Waals surface area contributed by atoms with Gasteiger partial charge in [-0.1, -0.05) is 18.2 Å². The molecule has 0 aliphatic heterocycles. The predicted molar refractivity (Wildman–Crippen MR) is 72.6 cm³/mol. The summed E-state index contributed by atoms with van der Waals surface area (Å²) in [5, 5.41) is 17.1. The smallest absolute Gasteiger partial charge is 0.272 e. The number of rotatable bonds is 3. The second-order valence-electron chi connectivity index (χ2n) is 4.34. The molecule has 3 rings (SSSR count). The standard InChI is InChI=1S/C13H11N5O3/c1-7-15-16-10(21-7)6-14-13(20)11-8-4-2-3-5-9(8)12(19)18-17-11/h2-5H,6H2,1H3,(H,14,20)(H,18,19). The van der Waals surface area contributed by atoms with Gasteiger partial charge in [0.05, 0.1) is 11.9 Å². The van der Waals surface area contributed by atoms with Crippen LogP contribution in [0.2, 0.25) is 0 Å². The lowest BCUT2D eigenvalue weighted by molar-refractivity contribution is 0.0943. The number of hydrogen-bond donors (Lipinski definition) is 2. The Bertz CT molecular complexity index is 867. The molecule has 0 fully saturated rings. The summed E-state index contributed by atoms with van der Waals surface area (Å²) in [6.07, 6.45) is 0. The minimum atomic E-state index is -0.432. The minimum absolute atomic E-state index is 0.0921. The normalized spacial score (nSPS) is 10.7. The molecule has 0 unspecified atom stereocenters. The Morgan fingerprint density at radius 3 is 2.76 bits per heavy atom. The third kappa shape index (κ3) is 2.50. The molecular weight excluding hydrogens is 274 g/mol. The van der Waals surface area contributed by atoms with E-state index in [2.05, 4.69) is 25.7 Å². The molecule has 0 spiro atoms. The molecule has 0 saturated carbocycles. The van der Waals surface area contributed by atoms with Gasteiger partial charge in [0.1, 0.15) is 0 Å². The lowest BCUT2D eigenvalue weighted by Gasteiger charge is -2.04. The van der Waals surface area contributed by atoms with Gasteiger partial charge >= 0.3 is 0 Å². The molecule has 1 aromatic carbocycles. The summed E-state index contributed by atoms with van der Waals surface area (Å²) in [5.41, 5.74) is -0.198. The summed E-state index contributed by atoms with van der Waals surface area (Å²) >= 11 is 0. The lowest BCUT2D eigenvalue weighted by Crippen LogP contribution is -2.26. The zero-order chi connectivity index (χ0) is 14.8. The van der Waals surface area contributed by atoms with Crippen LogP contribution in [0.5, 0.6) is 0 Å². The maximum atomic E-state index is 12.2. The molecule has 2 heterocycles. The fourth-order valence-electron chi connectivity index (χ4n) is 1.94. The van der Waals surface area contributed by atoms with Crippen molar-refractivity contribution >= 4 is 16.7 Å². The average molecular weight is 285 g/mol. The number of nitrogens with one attached hydrogen (secondary N) is 2. The average Bonchev–Trinajstić information content (AvgIpc) is 2.91. The van der Waals surface area contributed by atoms with Crippen molar-refractivity contribution in [2.75, 3.05) is 0 Å². The first-order valence-corrected chi connectivity index (χ1v) is 6.20. The van der Waals surface area contributed by atoms with Crippen molar-refractivity contribution in [2.24, 2.45) is 0 Å². The first-order valence-electron chi connectivity index (χ1n) is 6.20. The van der Waals surface area contributed by atoms with Crippen LogP contribution in [0.3, 0.4) is 0 Å². The highest BCUT2D eigenvalue weighted by atomic mass is 16.4. The number of carbonyl (C=O) groups is 1. The highest BCUT2D eigenvalue weighted by Crippen LogP contribution is 2.12. The molecule has 2 aromatic heterocycles. The largest absolute Gasteiger partial charge is 0.424 e. The van der Waals surface area contributed by atoms with Crippen molar-refractivity contribution in [1.82, 2.24) is 25.7 Å². The summed E-state index contributed by atoms with van der Waals surface area (Å²) in [6.45, 7) is 1.75. The van der Waals surface area contributed by atoms with Crippen LogP contribution in [-0.4, -0.2) is 26.3 Å². The Balaban J connectivity index is 1.88. The summed E-state index contributed by atoms with van der Waals surface area (Å²) in [4.78, 5) is 23.8. The summed E-state index contributed by atoms with van der Waals surface area (Å²) in [7, 11) is 0. The van der Waals surface area contributed by atoms with E-state index in [1.54, 1.807) is 31.2 Å². The predicted octanol–water partition coefficient (Wildman–Crippen LogP) is 0.545. The summed E-state index contributed by atoms with van der Waals surface area (Å²) < 4.78 is 5.16. The number of aromatic nitrogens is 4. The summed E-state index contributed by atoms with van der Waals surface area (Å²) in [6, 6.07) is 6.76. The van der Waals surface area contributed by atoms with Crippen LogP contribution in [-0.2, 0) is 6.54 Å². The number of hydrogen-bond acceptors (Lipinski definition) is 6. The molecular formula is C13H11N5O3. The molecule has 0 radical (unpaired) electrons. The third-order valence-corrected chi connectivity index (χ3v) is 2.88. The number of nitrogens with zero attached hydrogens (tertiary/aromatic N) is 3. The highest BCUT2D eigenvalue weighted by Gasteiger charge is 2.14. The van der Waals surface area contributed by atoms with Crippen LogP contribution >= 0.6 is 0 Å². The van der Waals surface area contributed by atoms with E-state index in [4.69, 9.17) is 4.42 Å². The zero-order valence-corrected chi connectivity index (χ0v) is 11.1. The van der Waals surface area contributed by atoms with Gasteiger partial charge in [0.2, 0.25) is 11.8 Å². The van der Waals surface area contributed by atoms with Crippen LogP contribution in [0.1, 0.15) is 22.3 Å². The SMILES string of the molecule is Cc1nnc(CNC(=O)c2n[nH]c(=O)c3ccccc23)o1. The second-order valence-corrected chi connectivity index (χ2v) is 4.34. The van der Waals surface area contributed by atoms with Crippen LogP contribution in [0.25, 0.3) is 10.8 Å². The van der Waals surface area contributed by atoms with Crippen molar-refractivity contribution in [3.63, 3.8) is 0 Å². The van der Waals surface area contributed by atoms with Gasteiger partial charge in [-0.05, 0) is 6.07 Å². The Morgan fingerprint density at radius 2 is 2.05 bits per heavy atom. The number of aromatic amines is 1. The van der Waals surface area contributed by atoms with E-state index in [0.29, 0.717) is 22.6 Å². The van der Waals surface area contributed by atoms with Crippen molar-refractivity contribution in [3.05, 3.63) is 52.1 Å². The number of amides is 1. The van der Waals surface area contributed by atoms with Crippen molar-refractivity contribution in [2.45, 2.75) is 13.5 Å². The van der Waals surface area contributed by atoms with Gasteiger partial charge in [0.15, 0.2) is 5.69 Å². The van der Waals surface area contributed by atoms with E-state index in [9.17, 15) is 9.59 Å². The lowest BCUT2D eigenvalue weighted by atomic mass is 10.1. The minimum Gasteiger partial charge on any atom is -0.424 e. The van der Waals surface area contributed by atoms with Gasteiger partial charge in [-0.15, -0.1) is 10.2 Å². The van der Waals surface area contributed by atoms with Crippen molar-refractivity contribution in [1.29, 1.82) is 0 Å². The molecule has 3 aromatic rings. The quantitative estimate of drug-likeness (QED) is 0.726. The van der Waals surface area contributed by atoms with E-state index in [1.165, 1.54) is 0 Å². The number of H-pyrrole nitrogens is 1. The Kier molecular flexibility index (Phi) is 3.19. The molecule has 0 aliphatic rings. The van der Waals surface area contributed by atoms with Gasteiger partial charge in [0.25, 0.3) is 11.5 Å². The Hall–Kier alpha value is -3.03. The van der Waals surface area contributed by atoms with E-state index in [1.807, 2.05) is 0 Å². The van der Waals surface area contributed by atoms with Crippen LogP contribution in [0.4, 0.5) is 0 Å². The monoisotopic (exact) mass is 285 g/mol. The molecule has 8 nitrogen and oxygen atoms in total. The number of aryl methyl sites for hydroxylation is 1. The molecule has 8 heteroatoms. The highest BCUT2D eigenvalue weighted by molar-refractivity contribution is 6.04. The van der Waals surface area contributed by atoms with Gasteiger partial charge in [-0.2, -0.15) is 5.10 Å². The topological polar surface area (TPSA) is 114 Å². The number of carbonyl (C=O) groups excluding carboxylic acids is 1. The molecule has 0 saturated heterocycles. The Morgan fingerprint density at radius 1 is 1.29 bits per heavy atom. The van der Waals surface area contributed by atoms with Gasteiger partial charge < -0.3 is 9.73 Å². The fraction of sp³-hybridized carbons (Fsp3) is 0.154. The van der Waals surface area contributed by atoms with Crippen LogP contribution in [0, 0.1) is 6.92 Å². The second kappa shape index (κ2) is 5.16. The van der Waals surface area contributed by atoms with Gasteiger partial charge in [-0.3, -0.25) is 9.59 Å². The molecule has 0 atom stereocenters. The molecule has 0 aliphatic carbocycles. The first kappa shape index (κ1) is 13.0. The van der Waals surface area contributed by atoms with Crippen molar-refractivity contribution in [3.8, 4) is 0 Å². The molecule has 21 heavy (non-hydrogen) atoms. The van der Waals surface area contributed by atoms with Crippen LogP contribution in [0.15, 0.2) is 33.5 Å². The van der Waals surface area contributed by atoms with E-state index in [0.717, 1.165) is 0 Å². The molecule has 2 N–H and O–H groups in total. The van der Waals surface area contributed by atoms with E-state index < -0.39 is 5.91 Å². The van der Waals surface area contributed by atoms with Crippen LogP contribution < -0.4 is 10.9 Å². The first-order chi connectivity index (χ1) is 10.1. The maximum absolute atomic E-state index is 12.2. The third-order valence-electron chi connectivity index (χ3n) is 2.88. The summed E-state index contributed by atoms with van der Waals surface area (Å²) in [5.74, 6) is 0.291. The Labute approximate surface area is 118 Å². The van der Waals surface area contributed by atoms with Crippen molar-refractivity contribution < 1.29 is 9.21 Å². The van der Waals surface area contributed by atoms with E-state index >= 15 is 0 Å². The molecule has 0 bridgehead atoms. The molecule has 106 valence electrons. The zero-order valence-electron chi connectivity index (χ0n) is 11.1. The number of benzene rings is 1.